The molecule has 1 saturated heterocycles. The van der Waals surface area contributed by atoms with E-state index in [4.69, 9.17) is 0 Å². The molecule has 2 unspecified atom stereocenters. The Labute approximate surface area is 167 Å². The van der Waals surface area contributed by atoms with E-state index in [1.54, 1.807) is 29.4 Å². The first kappa shape index (κ1) is 17.4. The molecule has 2 aromatic heterocycles. The lowest BCUT2D eigenvalue weighted by Crippen LogP contribution is -2.42. The summed E-state index contributed by atoms with van der Waals surface area (Å²) in [6.45, 7) is 0.357. The minimum absolute atomic E-state index is 0.0230. The summed E-state index contributed by atoms with van der Waals surface area (Å²) in [6, 6.07) is 13.7. The molecule has 0 bridgehead atoms. The fourth-order valence-electron chi connectivity index (χ4n) is 4.60. The van der Waals surface area contributed by atoms with E-state index in [1.165, 1.54) is 12.3 Å². The molecule has 29 heavy (non-hydrogen) atoms. The number of nitrogens with one attached hydrogen (secondary N) is 1. The first-order chi connectivity index (χ1) is 14.1. The second-order valence-corrected chi connectivity index (χ2v) is 7.28. The molecule has 7 heteroatoms. The van der Waals surface area contributed by atoms with Gasteiger partial charge in [-0.25, -0.2) is 4.98 Å². The monoisotopic (exact) mass is 386 g/mol. The topological polar surface area (TPSA) is 95.4 Å². The molecule has 2 aliphatic heterocycles. The molecular formula is C22H18N4O3. The summed E-state index contributed by atoms with van der Waals surface area (Å²) in [4.78, 5) is 36.5. The molecule has 2 aliphatic rings. The quantitative estimate of drug-likeness (QED) is 0.706. The standard InChI is InChI=1S/C22H18N4O3/c27-17-8-4-11-24-18(17)20(28)26-12-9-22(19(26)14-5-3-10-23-13-14)15-6-1-2-7-16(15)25-21(22)29/h1-8,10-11,13,19,27H,9,12H2,(H,25,29). The van der Waals surface area contributed by atoms with E-state index >= 15 is 0 Å². The van der Waals surface area contributed by atoms with Crippen LogP contribution in [0.1, 0.15) is 34.1 Å². The highest BCUT2D eigenvalue weighted by Gasteiger charge is 2.59. The van der Waals surface area contributed by atoms with Gasteiger partial charge in [0.15, 0.2) is 5.69 Å². The second-order valence-electron chi connectivity index (χ2n) is 7.28. The van der Waals surface area contributed by atoms with Crippen molar-refractivity contribution in [3.63, 3.8) is 0 Å². The SMILES string of the molecule is O=C(c1ncccc1O)N1CCC2(C(=O)Nc3ccccc32)C1c1cccnc1. The maximum absolute atomic E-state index is 13.4. The highest BCUT2D eigenvalue weighted by molar-refractivity contribution is 6.08. The Morgan fingerprint density at radius 3 is 2.76 bits per heavy atom. The molecule has 0 aliphatic carbocycles. The number of likely N-dealkylation sites (tertiary alicyclic amines) is 1. The predicted molar refractivity (Wildman–Crippen MR) is 105 cm³/mol. The van der Waals surface area contributed by atoms with Crippen molar-refractivity contribution in [2.24, 2.45) is 0 Å². The summed E-state index contributed by atoms with van der Waals surface area (Å²) in [5.74, 6) is -0.723. The van der Waals surface area contributed by atoms with Crippen LogP contribution in [0.5, 0.6) is 5.75 Å². The van der Waals surface area contributed by atoms with Crippen LogP contribution in [-0.4, -0.2) is 38.3 Å². The number of hydrogen-bond donors (Lipinski definition) is 2. The van der Waals surface area contributed by atoms with E-state index in [-0.39, 0.29) is 17.4 Å². The number of rotatable bonds is 2. The van der Waals surface area contributed by atoms with Crippen LogP contribution >= 0.6 is 0 Å². The van der Waals surface area contributed by atoms with E-state index in [0.29, 0.717) is 13.0 Å². The molecule has 2 atom stereocenters. The van der Waals surface area contributed by atoms with Gasteiger partial charge in [0.2, 0.25) is 5.91 Å². The van der Waals surface area contributed by atoms with Crippen LogP contribution in [-0.2, 0) is 10.2 Å². The first-order valence-electron chi connectivity index (χ1n) is 9.39. The number of aromatic hydroxyl groups is 1. The summed E-state index contributed by atoms with van der Waals surface area (Å²) in [5.41, 5.74) is 1.46. The Balaban J connectivity index is 1.68. The van der Waals surface area contributed by atoms with Gasteiger partial charge in [-0.2, -0.15) is 0 Å². The highest BCUT2D eigenvalue weighted by Crippen LogP contribution is 2.54. The summed E-state index contributed by atoms with van der Waals surface area (Å²) >= 11 is 0. The van der Waals surface area contributed by atoms with Crippen molar-refractivity contribution in [3.05, 3.63) is 83.9 Å². The third kappa shape index (κ3) is 2.44. The molecular weight excluding hydrogens is 368 g/mol. The number of carbonyl (C=O) groups is 2. The molecule has 3 aromatic rings. The minimum Gasteiger partial charge on any atom is -0.505 e. The number of hydrogen-bond acceptors (Lipinski definition) is 5. The van der Waals surface area contributed by atoms with Crippen molar-refractivity contribution in [3.8, 4) is 5.75 Å². The molecule has 1 spiro atoms. The molecule has 4 heterocycles. The van der Waals surface area contributed by atoms with Crippen molar-refractivity contribution < 1.29 is 14.7 Å². The van der Waals surface area contributed by atoms with Crippen LogP contribution in [0.2, 0.25) is 0 Å². The average molecular weight is 386 g/mol. The number of fused-ring (bicyclic) bond motifs is 2. The smallest absolute Gasteiger partial charge is 0.276 e. The Kier molecular flexibility index (Phi) is 3.84. The van der Waals surface area contributed by atoms with Gasteiger partial charge in [0.1, 0.15) is 11.2 Å². The minimum atomic E-state index is -0.917. The van der Waals surface area contributed by atoms with Crippen molar-refractivity contribution in [2.45, 2.75) is 17.9 Å². The van der Waals surface area contributed by atoms with Crippen LogP contribution < -0.4 is 5.32 Å². The van der Waals surface area contributed by atoms with Crippen molar-refractivity contribution in [2.75, 3.05) is 11.9 Å². The normalized spacial score (nSPS) is 22.6. The van der Waals surface area contributed by atoms with E-state index in [9.17, 15) is 14.7 Å². The number of carbonyl (C=O) groups excluding carboxylic acids is 2. The number of amides is 2. The lowest BCUT2D eigenvalue weighted by atomic mass is 9.73. The zero-order valence-corrected chi connectivity index (χ0v) is 15.4. The molecule has 144 valence electrons. The van der Waals surface area contributed by atoms with Crippen molar-refractivity contribution in [1.29, 1.82) is 0 Å². The number of anilines is 1. The van der Waals surface area contributed by atoms with Gasteiger partial charge in [0.25, 0.3) is 5.91 Å². The Hall–Kier alpha value is -3.74. The largest absolute Gasteiger partial charge is 0.505 e. The molecule has 2 amide bonds. The number of benzene rings is 1. The van der Waals surface area contributed by atoms with Crippen LogP contribution in [0.15, 0.2) is 67.1 Å². The Bertz CT molecular complexity index is 1120. The number of aromatic nitrogens is 2. The van der Waals surface area contributed by atoms with Crippen LogP contribution in [0.3, 0.4) is 0 Å². The van der Waals surface area contributed by atoms with Gasteiger partial charge in [-0.05, 0) is 41.8 Å². The Morgan fingerprint density at radius 1 is 1.14 bits per heavy atom. The number of para-hydroxylation sites is 1. The first-order valence-corrected chi connectivity index (χ1v) is 9.39. The van der Waals surface area contributed by atoms with Crippen LogP contribution in [0, 0.1) is 0 Å². The van der Waals surface area contributed by atoms with Crippen molar-refractivity contribution in [1.82, 2.24) is 14.9 Å². The molecule has 2 N–H and O–H groups in total. The Morgan fingerprint density at radius 2 is 1.97 bits per heavy atom. The molecule has 1 fully saturated rings. The fraction of sp³-hybridized carbons (Fsp3) is 0.182. The van der Waals surface area contributed by atoms with Gasteiger partial charge in [0.05, 0.1) is 6.04 Å². The zero-order chi connectivity index (χ0) is 20.0. The highest BCUT2D eigenvalue weighted by atomic mass is 16.3. The fourth-order valence-corrected chi connectivity index (χ4v) is 4.60. The summed E-state index contributed by atoms with van der Waals surface area (Å²) in [6.07, 6.45) is 5.28. The lowest BCUT2D eigenvalue weighted by Gasteiger charge is -2.34. The van der Waals surface area contributed by atoms with Crippen molar-refractivity contribution >= 4 is 17.5 Å². The van der Waals surface area contributed by atoms with Crippen LogP contribution in [0.4, 0.5) is 5.69 Å². The van der Waals surface area contributed by atoms with E-state index in [0.717, 1.165) is 16.8 Å². The maximum atomic E-state index is 13.4. The predicted octanol–water partition coefficient (Wildman–Crippen LogP) is 2.66. The van der Waals surface area contributed by atoms with E-state index < -0.39 is 17.4 Å². The maximum Gasteiger partial charge on any atom is 0.276 e. The van der Waals surface area contributed by atoms with Crippen LogP contribution in [0.25, 0.3) is 0 Å². The molecule has 1 aromatic carbocycles. The summed E-state index contributed by atoms with van der Waals surface area (Å²) in [7, 11) is 0. The molecule has 5 rings (SSSR count). The van der Waals surface area contributed by atoms with Gasteiger partial charge in [-0.1, -0.05) is 24.3 Å². The van der Waals surface area contributed by atoms with Gasteiger partial charge in [-0.15, -0.1) is 0 Å². The lowest BCUT2D eigenvalue weighted by molar-refractivity contribution is -0.121. The molecule has 7 nitrogen and oxygen atoms in total. The summed E-state index contributed by atoms with van der Waals surface area (Å²) < 4.78 is 0. The van der Waals surface area contributed by atoms with E-state index in [2.05, 4.69) is 15.3 Å². The van der Waals surface area contributed by atoms with Gasteiger partial charge in [-0.3, -0.25) is 14.6 Å². The zero-order valence-electron chi connectivity index (χ0n) is 15.4. The third-order valence-electron chi connectivity index (χ3n) is 5.84. The third-order valence-corrected chi connectivity index (χ3v) is 5.84. The average Bonchev–Trinajstić information content (AvgIpc) is 3.28. The van der Waals surface area contributed by atoms with E-state index in [1.807, 2.05) is 30.3 Å². The molecule has 0 saturated carbocycles. The summed E-state index contributed by atoms with van der Waals surface area (Å²) in [5, 5.41) is 13.1. The number of nitrogens with zero attached hydrogens (tertiary/aromatic N) is 3. The second kappa shape index (κ2) is 6.41. The van der Waals surface area contributed by atoms with Gasteiger partial charge >= 0.3 is 0 Å². The molecule has 0 radical (unpaired) electrons. The van der Waals surface area contributed by atoms with Gasteiger partial charge < -0.3 is 15.3 Å². The van der Waals surface area contributed by atoms with Gasteiger partial charge in [0, 0.05) is 30.8 Å². The number of pyridine rings is 2.